The van der Waals surface area contributed by atoms with Crippen molar-refractivity contribution in [3.05, 3.63) is 0 Å². The maximum absolute atomic E-state index is 12.1. The van der Waals surface area contributed by atoms with E-state index in [0.717, 1.165) is 0 Å². The first-order chi connectivity index (χ1) is 11.2. The molecule has 0 fully saturated rings. The largest absolute Gasteiger partial charge is 0.466 e. The molecule has 0 aliphatic rings. The van der Waals surface area contributed by atoms with E-state index in [9.17, 15) is 14.4 Å². The maximum atomic E-state index is 12.1. The Labute approximate surface area is 148 Å². The molecule has 0 radical (unpaired) electrons. The van der Waals surface area contributed by atoms with Crippen LogP contribution in [-0.4, -0.2) is 66.2 Å². The third kappa shape index (κ3) is 12.0. The zero-order valence-electron chi connectivity index (χ0n) is 15.3. The zero-order chi connectivity index (χ0) is 18.6. The van der Waals surface area contributed by atoms with Crippen LogP contribution in [0.5, 0.6) is 0 Å². The topological polar surface area (TPSA) is 84.9 Å². The lowest BCUT2D eigenvalue weighted by molar-refractivity contribution is -0.143. The average Bonchev–Trinajstić information content (AvgIpc) is 2.45. The normalized spacial score (nSPS) is 10.9. The summed E-state index contributed by atoms with van der Waals surface area (Å²) in [4.78, 5) is 36.5. The molecule has 0 aromatic heterocycles. The van der Waals surface area contributed by atoms with Gasteiger partial charge in [0.1, 0.15) is 5.60 Å². The lowest BCUT2D eigenvalue weighted by Crippen LogP contribution is -2.35. The Hall–Kier alpha value is -1.44. The number of hydrogen-bond acceptors (Lipinski definition) is 6. The smallest absolute Gasteiger partial charge is 0.407 e. The molecule has 0 bridgehead atoms. The predicted molar refractivity (Wildman–Crippen MR) is 95.1 cm³/mol. The number of thioether (sulfide) groups is 1. The van der Waals surface area contributed by atoms with Gasteiger partial charge in [0.25, 0.3) is 0 Å². The quantitative estimate of drug-likeness (QED) is 0.473. The molecule has 0 saturated heterocycles. The zero-order valence-corrected chi connectivity index (χ0v) is 16.2. The van der Waals surface area contributed by atoms with Gasteiger partial charge < -0.3 is 19.7 Å². The van der Waals surface area contributed by atoms with E-state index in [4.69, 9.17) is 9.47 Å². The molecule has 0 unspecified atom stereocenters. The fourth-order valence-corrected chi connectivity index (χ4v) is 2.46. The van der Waals surface area contributed by atoms with E-state index in [1.807, 2.05) is 6.92 Å². The highest BCUT2D eigenvalue weighted by molar-refractivity contribution is 7.99. The third-order valence-electron chi connectivity index (χ3n) is 2.77. The van der Waals surface area contributed by atoms with Crippen LogP contribution in [0.25, 0.3) is 0 Å². The number of rotatable bonds is 10. The van der Waals surface area contributed by atoms with Crippen molar-refractivity contribution in [2.45, 2.75) is 46.6 Å². The highest BCUT2D eigenvalue weighted by atomic mass is 32.2. The fraction of sp³-hybridized carbons (Fsp3) is 0.812. The molecule has 0 aromatic carbocycles. The summed E-state index contributed by atoms with van der Waals surface area (Å²) >= 11 is 1.43. The maximum Gasteiger partial charge on any atom is 0.407 e. The molecule has 2 amide bonds. The molecule has 1 N–H and O–H groups in total. The molecule has 24 heavy (non-hydrogen) atoms. The summed E-state index contributed by atoms with van der Waals surface area (Å²) < 4.78 is 9.97. The van der Waals surface area contributed by atoms with Gasteiger partial charge in [0, 0.05) is 25.4 Å². The molecule has 0 saturated carbocycles. The van der Waals surface area contributed by atoms with Crippen LogP contribution in [0.15, 0.2) is 0 Å². The summed E-state index contributed by atoms with van der Waals surface area (Å²) in [7, 11) is 0. The Bertz CT molecular complexity index is 410. The minimum Gasteiger partial charge on any atom is -0.466 e. The summed E-state index contributed by atoms with van der Waals surface area (Å²) in [5.41, 5.74) is -0.520. The van der Waals surface area contributed by atoms with Crippen molar-refractivity contribution in [3.63, 3.8) is 0 Å². The second-order valence-corrected chi connectivity index (χ2v) is 7.11. The summed E-state index contributed by atoms with van der Waals surface area (Å²) in [6.45, 7) is 10.7. The van der Waals surface area contributed by atoms with E-state index in [2.05, 4.69) is 5.32 Å². The van der Waals surface area contributed by atoms with Gasteiger partial charge in [0.15, 0.2) is 0 Å². The van der Waals surface area contributed by atoms with Gasteiger partial charge in [-0.3, -0.25) is 9.59 Å². The van der Waals surface area contributed by atoms with Gasteiger partial charge in [-0.15, -0.1) is 0 Å². The molecule has 0 aromatic rings. The number of nitrogens with zero attached hydrogens (tertiary/aromatic N) is 1. The number of alkyl carbamates (subject to hydrolysis) is 1. The Morgan fingerprint density at radius 1 is 1.17 bits per heavy atom. The Balaban J connectivity index is 3.90. The highest BCUT2D eigenvalue weighted by Gasteiger charge is 2.16. The molecule has 0 aliphatic carbocycles. The molecular weight excluding hydrogens is 332 g/mol. The van der Waals surface area contributed by atoms with Crippen LogP contribution in [0, 0.1) is 0 Å². The number of carbonyl (C=O) groups is 3. The van der Waals surface area contributed by atoms with E-state index in [0.29, 0.717) is 37.7 Å². The van der Waals surface area contributed by atoms with Crippen LogP contribution >= 0.6 is 11.8 Å². The van der Waals surface area contributed by atoms with E-state index >= 15 is 0 Å². The van der Waals surface area contributed by atoms with Crippen LogP contribution in [0.3, 0.4) is 0 Å². The van der Waals surface area contributed by atoms with E-state index in [-0.39, 0.29) is 18.3 Å². The van der Waals surface area contributed by atoms with E-state index in [1.165, 1.54) is 11.8 Å². The van der Waals surface area contributed by atoms with Gasteiger partial charge in [-0.05, 0) is 34.6 Å². The van der Waals surface area contributed by atoms with Crippen molar-refractivity contribution >= 4 is 29.7 Å². The lowest BCUT2D eigenvalue weighted by Gasteiger charge is -2.20. The van der Waals surface area contributed by atoms with Crippen LogP contribution in [0.4, 0.5) is 4.79 Å². The van der Waals surface area contributed by atoms with Crippen LogP contribution in [0.1, 0.15) is 41.0 Å². The lowest BCUT2D eigenvalue weighted by atomic mass is 10.2. The molecule has 8 heteroatoms. The second kappa shape index (κ2) is 12.0. The molecule has 0 spiro atoms. The van der Waals surface area contributed by atoms with Gasteiger partial charge in [-0.1, -0.05) is 0 Å². The van der Waals surface area contributed by atoms with Crippen molar-refractivity contribution in [3.8, 4) is 0 Å². The van der Waals surface area contributed by atoms with Gasteiger partial charge >= 0.3 is 12.1 Å². The van der Waals surface area contributed by atoms with Gasteiger partial charge in [-0.25, -0.2) is 4.79 Å². The van der Waals surface area contributed by atoms with Crippen LogP contribution < -0.4 is 5.32 Å². The Kier molecular flexibility index (Phi) is 11.3. The standard InChI is InChI=1S/C16H30N2O5S/c1-6-18(10-8-14(20)22-7-2)13(19)12-24-11-9-17-15(21)23-16(3,4)5/h6-12H2,1-5H3,(H,17,21). The van der Waals surface area contributed by atoms with Gasteiger partial charge in [0.2, 0.25) is 5.91 Å². The van der Waals surface area contributed by atoms with Crippen molar-refractivity contribution in [1.29, 1.82) is 0 Å². The number of ether oxygens (including phenoxy) is 2. The molecule has 140 valence electrons. The van der Waals surface area contributed by atoms with Crippen molar-refractivity contribution in [2.75, 3.05) is 37.7 Å². The third-order valence-corrected chi connectivity index (χ3v) is 3.71. The first-order valence-electron chi connectivity index (χ1n) is 8.17. The Morgan fingerprint density at radius 3 is 2.38 bits per heavy atom. The highest BCUT2D eigenvalue weighted by Crippen LogP contribution is 2.07. The monoisotopic (exact) mass is 362 g/mol. The molecule has 0 aliphatic heterocycles. The predicted octanol–water partition coefficient (Wildman–Crippen LogP) is 2.05. The van der Waals surface area contributed by atoms with Gasteiger partial charge in [-0.2, -0.15) is 11.8 Å². The van der Waals surface area contributed by atoms with Crippen LogP contribution in [0.2, 0.25) is 0 Å². The molecular formula is C16H30N2O5S. The minimum absolute atomic E-state index is 0.0240. The number of esters is 1. The van der Waals surface area contributed by atoms with E-state index < -0.39 is 11.7 Å². The number of nitrogens with one attached hydrogen (secondary N) is 1. The summed E-state index contributed by atoms with van der Waals surface area (Å²) in [5, 5.41) is 2.64. The number of amides is 2. The summed E-state index contributed by atoms with van der Waals surface area (Å²) in [6.07, 6.45) is -0.253. The molecule has 0 heterocycles. The number of hydrogen-bond donors (Lipinski definition) is 1. The van der Waals surface area contributed by atoms with E-state index in [1.54, 1.807) is 32.6 Å². The molecule has 0 atom stereocenters. The SMILES string of the molecule is CCOC(=O)CCN(CC)C(=O)CSCCNC(=O)OC(C)(C)C. The van der Waals surface area contributed by atoms with Crippen molar-refractivity contribution in [2.24, 2.45) is 0 Å². The molecule has 0 rings (SSSR count). The first-order valence-corrected chi connectivity index (χ1v) is 9.33. The average molecular weight is 362 g/mol. The fourth-order valence-electron chi connectivity index (χ4n) is 1.71. The number of carbonyl (C=O) groups excluding carboxylic acids is 3. The molecule has 7 nitrogen and oxygen atoms in total. The van der Waals surface area contributed by atoms with Crippen molar-refractivity contribution < 1.29 is 23.9 Å². The second-order valence-electron chi connectivity index (χ2n) is 6.01. The summed E-state index contributed by atoms with van der Waals surface area (Å²) in [6, 6.07) is 0. The minimum atomic E-state index is -0.520. The van der Waals surface area contributed by atoms with Gasteiger partial charge in [0.05, 0.1) is 18.8 Å². The van der Waals surface area contributed by atoms with Crippen molar-refractivity contribution in [1.82, 2.24) is 10.2 Å². The van der Waals surface area contributed by atoms with Crippen LogP contribution in [-0.2, 0) is 19.1 Å². The first kappa shape index (κ1) is 22.6. The Morgan fingerprint density at radius 2 is 1.83 bits per heavy atom. The summed E-state index contributed by atoms with van der Waals surface area (Å²) in [5.74, 6) is 0.606.